The Morgan fingerprint density at radius 2 is 2.00 bits per heavy atom. The minimum Gasteiger partial charge on any atom is -0.313 e. The summed E-state index contributed by atoms with van der Waals surface area (Å²) in [5.41, 5.74) is 1.30. The van der Waals surface area contributed by atoms with Crippen molar-refractivity contribution < 1.29 is 8.42 Å². The first-order chi connectivity index (χ1) is 11.1. The third-order valence-corrected chi connectivity index (χ3v) is 5.78. The molecular weight excluding hydrogens is 348 g/mol. The second-order valence-corrected chi connectivity index (χ2v) is 7.15. The van der Waals surface area contributed by atoms with Crippen molar-refractivity contribution in [3.05, 3.63) is 59.9 Å². The third kappa shape index (κ3) is 3.57. The van der Waals surface area contributed by atoms with Crippen LogP contribution < -0.4 is 5.32 Å². The van der Waals surface area contributed by atoms with Crippen LogP contribution in [0.25, 0.3) is 0 Å². The number of hydrogen-bond donors (Lipinski definition) is 1. The van der Waals surface area contributed by atoms with E-state index in [0.29, 0.717) is 25.2 Å². The fourth-order valence-corrected chi connectivity index (χ4v) is 4.28. The molecule has 2 heterocycles. The summed E-state index contributed by atoms with van der Waals surface area (Å²) in [6.45, 7) is 1.54. The fraction of sp³-hybridized carbons (Fsp3) is 0.250. The number of sulfonamides is 1. The number of piperazine rings is 1. The van der Waals surface area contributed by atoms with Crippen LogP contribution in [0.15, 0.2) is 53.7 Å². The van der Waals surface area contributed by atoms with E-state index in [4.69, 9.17) is 5.26 Å². The van der Waals surface area contributed by atoms with Crippen molar-refractivity contribution in [2.45, 2.75) is 10.9 Å². The molecule has 0 bridgehead atoms. The molecule has 1 fully saturated rings. The lowest BCUT2D eigenvalue weighted by atomic mass is 10.1. The van der Waals surface area contributed by atoms with Crippen molar-refractivity contribution >= 4 is 22.4 Å². The quantitative estimate of drug-likeness (QED) is 0.896. The van der Waals surface area contributed by atoms with E-state index in [1.54, 1.807) is 18.5 Å². The monoisotopic (exact) mass is 364 g/mol. The Hall–Kier alpha value is -1.98. The van der Waals surface area contributed by atoms with Gasteiger partial charge in [0.1, 0.15) is 0 Å². The summed E-state index contributed by atoms with van der Waals surface area (Å²) in [6, 6.07) is 11.4. The van der Waals surface area contributed by atoms with Crippen molar-refractivity contribution in [3.8, 4) is 6.07 Å². The molecule has 2 aromatic rings. The average Bonchev–Trinajstić information content (AvgIpc) is 2.62. The first kappa shape index (κ1) is 18.4. The Balaban J connectivity index is 0.00000208. The van der Waals surface area contributed by atoms with Crippen LogP contribution in [-0.2, 0) is 10.0 Å². The van der Waals surface area contributed by atoms with Gasteiger partial charge in [0.05, 0.1) is 22.6 Å². The van der Waals surface area contributed by atoms with E-state index in [2.05, 4.69) is 10.3 Å². The summed E-state index contributed by atoms with van der Waals surface area (Å²) in [4.78, 5) is 4.29. The minimum absolute atomic E-state index is 0. The van der Waals surface area contributed by atoms with Gasteiger partial charge in [-0.1, -0.05) is 6.07 Å². The molecule has 0 amide bonds. The highest BCUT2D eigenvalue weighted by Crippen LogP contribution is 2.28. The summed E-state index contributed by atoms with van der Waals surface area (Å²) < 4.78 is 27.4. The van der Waals surface area contributed by atoms with E-state index < -0.39 is 10.0 Å². The van der Waals surface area contributed by atoms with E-state index in [1.165, 1.54) is 28.6 Å². The number of nitrogens with one attached hydrogen (secondary N) is 1. The highest BCUT2D eigenvalue weighted by molar-refractivity contribution is 7.89. The van der Waals surface area contributed by atoms with Crippen LogP contribution in [0.4, 0.5) is 0 Å². The van der Waals surface area contributed by atoms with Gasteiger partial charge in [0.15, 0.2) is 0 Å². The second-order valence-electron chi connectivity index (χ2n) is 5.26. The summed E-state index contributed by atoms with van der Waals surface area (Å²) in [5.74, 6) is 0. The molecule has 1 atom stereocenters. The normalized spacial score (nSPS) is 18.4. The maximum absolute atomic E-state index is 13.0. The smallest absolute Gasteiger partial charge is 0.243 e. The number of rotatable bonds is 3. The molecule has 0 spiro atoms. The number of pyridine rings is 1. The van der Waals surface area contributed by atoms with E-state index in [-0.39, 0.29) is 23.3 Å². The minimum atomic E-state index is -3.63. The van der Waals surface area contributed by atoms with Crippen LogP contribution >= 0.6 is 12.4 Å². The maximum atomic E-state index is 13.0. The van der Waals surface area contributed by atoms with E-state index >= 15 is 0 Å². The predicted molar refractivity (Wildman–Crippen MR) is 92.1 cm³/mol. The van der Waals surface area contributed by atoms with Crippen LogP contribution in [0.1, 0.15) is 17.2 Å². The number of benzene rings is 1. The van der Waals surface area contributed by atoms with Gasteiger partial charge in [-0.25, -0.2) is 8.42 Å². The Bertz CT molecular complexity index is 819. The number of aromatic nitrogens is 1. The molecule has 6 nitrogen and oxygen atoms in total. The van der Waals surface area contributed by atoms with Gasteiger partial charge in [-0.15, -0.1) is 12.4 Å². The average molecular weight is 365 g/mol. The molecule has 0 saturated carbocycles. The lowest BCUT2D eigenvalue weighted by Gasteiger charge is -2.35. The first-order valence-electron chi connectivity index (χ1n) is 7.25. The molecule has 0 radical (unpaired) electrons. The van der Waals surface area contributed by atoms with E-state index in [0.717, 1.165) is 5.56 Å². The molecule has 1 aliphatic heterocycles. The van der Waals surface area contributed by atoms with Gasteiger partial charge in [-0.2, -0.15) is 9.57 Å². The summed E-state index contributed by atoms with van der Waals surface area (Å²) in [5, 5.41) is 12.1. The van der Waals surface area contributed by atoms with Crippen LogP contribution in [0.5, 0.6) is 0 Å². The molecule has 1 aromatic heterocycles. The van der Waals surface area contributed by atoms with Crippen LogP contribution in [0.2, 0.25) is 0 Å². The van der Waals surface area contributed by atoms with Gasteiger partial charge < -0.3 is 5.32 Å². The van der Waals surface area contributed by atoms with E-state index in [9.17, 15) is 8.42 Å². The van der Waals surface area contributed by atoms with Gasteiger partial charge in [-0.3, -0.25) is 4.98 Å². The van der Waals surface area contributed by atoms with Crippen molar-refractivity contribution in [2.75, 3.05) is 19.6 Å². The van der Waals surface area contributed by atoms with Gasteiger partial charge in [0.25, 0.3) is 0 Å². The van der Waals surface area contributed by atoms with Crippen LogP contribution in [-0.4, -0.2) is 37.3 Å². The molecule has 1 unspecified atom stereocenters. The topological polar surface area (TPSA) is 86.1 Å². The van der Waals surface area contributed by atoms with Gasteiger partial charge in [-0.05, 0) is 35.9 Å². The molecule has 24 heavy (non-hydrogen) atoms. The van der Waals surface area contributed by atoms with Gasteiger partial charge in [0.2, 0.25) is 10.0 Å². The SMILES string of the molecule is Cl.N#Cc1ccc(S(=O)(=O)N2CCNCC2c2cccnc2)cc1. The lowest BCUT2D eigenvalue weighted by Crippen LogP contribution is -2.48. The molecule has 8 heteroatoms. The van der Waals surface area contributed by atoms with Crippen LogP contribution in [0, 0.1) is 11.3 Å². The molecule has 1 aliphatic rings. The Morgan fingerprint density at radius 3 is 2.62 bits per heavy atom. The third-order valence-electron chi connectivity index (χ3n) is 3.85. The zero-order chi connectivity index (χ0) is 16.3. The zero-order valence-corrected chi connectivity index (χ0v) is 14.4. The van der Waals surface area contributed by atoms with E-state index in [1.807, 2.05) is 12.1 Å². The standard InChI is InChI=1S/C16H16N4O2S.ClH/c17-10-13-3-5-15(6-4-13)23(21,22)20-9-8-19-12-16(20)14-2-1-7-18-11-14;/h1-7,11,16,19H,8-9,12H2;1H. The largest absolute Gasteiger partial charge is 0.313 e. The van der Waals surface area contributed by atoms with Gasteiger partial charge in [0, 0.05) is 32.0 Å². The molecular formula is C16H17ClN4O2S. The Kier molecular flexibility index (Phi) is 5.91. The van der Waals surface area contributed by atoms with Crippen LogP contribution in [0.3, 0.4) is 0 Å². The summed E-state index contributed by atoms with van der Waals surface area (Å²) >= 11 is 0. The second kappa shape index (κ2) is 7.73. The van der Waals surface area contributed by atoms with Crippen molar-refractivity contribution in [1.29, 1.82) is 5.26 Å². The molecule has 1 N–H and O–H groups in total. The Morgan fingerprint density at radius 1 is 1.25 bits per heavy atom. The maximum Gasteiger partial charge on any atom is 0.243 e. The molecule has 126 valence electrons. The lowest BCUT2D eigenvalue weighted by molar-refractivity contribution is 0.271. The fourth-order valence-electron chi connectivity index (χ4n) is 2.67. The highest BCUT2D eigenvalue weighted by atomic mass is 35.5. The summed E-state index contributed by atoms with van der Waals surface area (Å²) in [6.07, 6.45) is 3.36. The van der Waals surface area contributed by atoms with Gasteiger partial charge >= 0.3 is 0 Å². The predicted octanol–water partition coefficient (Wildman–Crippen LogP) is 1.71. The Labute approximate surface area is 147 Å². The molecule has 1 aromatic carbocycles. The van der Waals surface area contributed by atoms with Crippen molar-refractivity contribution in [2.24, 2.45) is 0 Å². The number of nitrogens with zero attached hydrogens (tertiary/aromatic N) is 3. The number of hydrogen-bond acceptors (Lipinski definition) is 5. The number of halogens is 1. The molecule has 3 rings (SSSR count). The van der Waals surface area contributed by atoms with Crippen molar-refractivity contribution in [1.82, 2.24) is 14.6 Å². The van der Waals surface area contributed by atoms with Crippen molar-refractivity contribution in [3.63, 3.8) is 0 Å². The highest BCUT2D eigenvalue weighted by Gasteiger charge is 2.34. The first-order valence-corrected chi connectivity index (χ1v) is 8.69. The molecule has 1 saturated heterocycles. The molecule has 0 aliphatic carbocycles. The number of nitriles is 1. The zero-order valence-electron chi connectivity index (χ0n) is 12.8. The summed E-state index contributed by atoms with van der Waals surface area (Å²) in [7, 11) is -3.63.